The van der Waals surface area contributed by atoms with Crippen LogP contribution in [-0.2, 0) is 4.79 Å². The molecule has 2 aromatic rings. The third kappa shape index (κ3) is 3.33. The molecule has 2 rings (SSSR count). The largest absolute Gasteiger partial charge is 0.478 e. The Morgan fingerprint density at radius 2 is 2.00 bits per heavy atom. The first-order valence-electron chi connectivity index (χ1n) is 5.93. The molecule has 0 unspecified atom stereocenters. The summed E-state index contributed by atoms with van der Waals surface area (Å²) < 4.78 is 0. The first kappa shape index (κ1) is 14.0. The normalized spacial score (nSPS) is 10.7. The zero-order valence-corrected chi connectivity index (χ0v) is 11.6. The molecule has 102 valence electrons. The Kier molecular flexibility index (Phi) is 4.32. The van der Waals surface area contributed by atoms with Crippen molar-refractivity contribution in [1.29, 1.82) is 0 Å². The molecule has 0 aliphatic rings. The van der Waals surface area contributed by atoms with E-state index in [2.05, 4.69) is 5.32 Å². The monoisotopic (exact) mass is 287 g/mol. The van der Waals surface area contributed by atoms with Crippen LogP contribution in [0.15, 0.2) is 41.8 Å². The van der Waals surface area contributed by atoms with Crippen LogP contribution in [0.4, 0.5) is 5.69 Å². The predicted octanol–water partition coefficient (Wildman–Crippen LogP) is 3.41. The fourth-order valence-corrected chi connectivity index (χ4v) is 2.47. The standard InChI is InChI=1S/C15H13NO3S/c1-10-4-2-3-5-12(10)16-15(19)14-11(8-9-20-14)6-7-13(17)18/h2-9H,1H3,(H,16,19)(H,17,18). The highest BCUT2D eigenvalue weighted by atomic mass is 32.1. The first-order chi connectivity index (χ1) is 9.58. The van der Waals surface area contributed by atoms with Gasteiger partial charge < -0.3 is 10.4 Å². The van der Waals surface area contributed by atoms with Gasteiger partial charge >= 0.3 is 5.97 Å². The van der Waals surface area contributed by atoms with Crippen LogP contribution in [0, 0.1) is 6.92 Å². The molecule has 1 aromatic heterocycles. The summed E-state index contributed by atoms with van der Waals surface area (Å²) in [6.45, 7) is 1.91. The molecule has 0 spiro atoms. The van der Waals surface area contributed by atoms with Gasteiger partial charge in [0.05, 0.1) is 4.88 Å². The molecule has 4 nitrogen and oxygen atoms in total. The van der Waals surface area contributed by atoms with Gasteiger partial charge in [-0.05, 0) is 41.6 Å². The Balaban J connectivity index is 2.20. The Morgan fingerprint density at radius 1 is 1.25 bits per heavy atom. The van der Waals surface area contributed by atoms with Crippen LogP contribution in [0.5, 0.6) is 0 Å². The molecule has 0 saturated heterocycles. The van der Waals surface area contributed by atoms with Crippen LogP contribution in [0.25, 0.3) is 6.08 Å². The third-order valence-electron chi connectivity index (χ3n) is 2.70. The lowest BCUT2D eigenvalue weighted by Crippen LogP contribution is -2.12. The average molecular weight is 287 g/mol. The van der Waals surface area contributed by atoms with E-state index in [1.807, 2.05) is 31.2 Å². The number of para-hydroxylation sites is 1. The smallest absolute Gasteiger partial charge is 0.328 e. The second-order valence-electron chi connectivity index (χ2n) is 4.15. The van der Waals surface area contributed by atoms with E-state index < -0.39 is 5.97 Å². The Hall–Kier alpha value is -2.40. The van der Waals surface area contributed by atoms with Crippen LogP contribution in [0.1, 0.15) is 20.8 Å². The molecule has 2 N–H and O–H groups in total. The zero-order valence-electron chi connectivity index (χ0n) is 10.8. The summed E-state index contributed by atoms with van der Waals surface area (Å²) in [5.41, 5.74) is 2.32. The number of hydrogen-bond acceptors (Lipinski definition) is 3. The van der Waals surface area contributed by atoms with Crippen molar-refractivity contribution in [3.8, 4) is 0 Å². The number of nitrogens with one attached hydrogen (secondary N) is 1. The van der Waals surface area contributed by atoms with Crippen molar-refractivity contribution in [2.45, 2.75) is 6.92 Å². The molecule has 1 aromatic carbocycles. The molecular weight excluding hydrogens is 274 g/mol. The molecule has 0 aliphatic carbocycles. The van der Waals surface area contributed by atoms with Crippen molar-refractivity contribution in [3.63, 3.8) is 0 Å². The van der Waals surface area contributed by atoms with Gasteiger partial charge in [0.15, 0.2) is 0 Å². The molecule has 0 atom stereocenters. The van der Waals surface area contributed by atoms with Crippen molar-refractivity contribution in [2.75, 3.05) is 5.32 Å². The van der Waals surface area contributed by atoms with Crippen LogP contribution in [0.3, 0.4) is 0 Å². The summed E-state index contributed by atoms with van der Waals surface area (Å²) >= 11 is 1.28. The van der Waals surface area contributed by atoms with Crippen LogP contribution < -0.4 is 5.32 Å². The highest BCUT2D eigenvalue weighted by Gasteiger charge is 2.12. The molecule has 0 saturated carbocycles. The number of amides is 1. The minimum Gasteiger partial charge on any atom is -0.478 e. The van der Waals surface area contributed by atoms with Gasteiger partial charge in [-0.25, -0.2) is 4.79 Å². The van der Waals surface area contributed by atoms with Gasteiger partial charge in [-0.1, -0.05) is 18.2 Å². The second kappa shape index (κ2) is 6.16. The van der Waals surface area contributed by atoms with E-state index >= 15 is 0 Å². The average Bonchev–Trinajstić information content (AvgIpc) is 2.87. The molecule has 1 heterocycles. The molecule has 0 fully saturated rings. The van der Waals surface area contributed by atoms with Crippen molar-refractivity contribution in [1.82, 2.24) is 0 Å². The van der Waals surface area contributed by atoms with Crippen molar-refractivity contribution in [3.05, 3.63) is 57.8 Å². The fourth-order valence-electron chi connectivity index (χ4n) is 1.69. The molecule has 0 bridgehead atoms. The summed E-state index contributed by atoms with van der Waals surface area (Å²) in [5.74, 6) is -1.28. The topological polar surface area (TPSA) is 66.4 Å². The number of carboxylic acids is 1. The summed E-state index contributed by atoms with van der Waals surface area (Å²) in [4.78, 5) is 23.2. The minimum atomic E-state index is -1.04. The Bertz CT molecular complexity index is 673. The summed E-state index contributed by atoms with van der Waals surface area (Å²) in [5, 5.41) is 13.2. The number of anilines is 1. The third-order valence-corrected chi connectivity index (χ3v) is 3.63. The van der Waals surface area contributed by atoms with Gasteiger partial charge in [-0.15, -0.1) is 11.3 Å². The number of aryl methyl sites for hydroxylation is 1. The van der Waals surface area contributed by atoms with Gasteiger partial charge in [-0.2, -0.15) is 0 Å². The first-order valence-corrected chi connectivity index (χ1v) is 6.81. The number of carboxylic acid groups (broad SMARTS) is 1. The Morgan fingerprint density at radius 3 is 2.70 bits per heavy atom. The molecule has 5 heteroatoms. The summed E-state index contributed by atoms with van der Waals surface area (Å²) in [7, 11) is 0. The summed E-state index contributed by atoms with van der Waals surface area (Å²) in [6.07, 6.45) is 2.44. The van der Waals surface area contributed by atoms with E-state index in [0.717, 1.165) is 17.3 Å². The number of rotatable bonds is 4. The predicted molar refractivity (Wildman–Crippen MR) is 80.1 cm³/mol. The van der Waals surface area contributed by atoms with E-state index in [1.54, 1.807) is 11.4 Å². The number of aliphatic carboxylic acids is 1. The Labute approximate surface area is 120 Å². The van der Waals surface area contributed by atoms with Crippen molar-refractivity contribution >= 4 is 35.0 Å². The van der Waals surface area contributed by atoms with Gasteiger partial charge in [0.2, 0.25) is 0 Å². The van der Waals surface area contributed by atoms with E-state index in [1.165, 1.54) is 17.4 Å². The lowest BCUT2D eigenvalue weighted by Gasteiger charge is -2.07. The number of hydrogen-bond donors (Lipinski definition) is 2. The number of carbonyl (C=O) groups is 2. The van der Waals surface area contributed by atoms with Gasteiger partial charge in [-0.3, -0.25) is 4.79 Å². The lowest BCUT2D eigenvalue weighted by atomic mass is 10.2. The van der Waals surface area contributed by atoms with Crippen molar-refractivity contribution < 1.29 is 14.7 Å². The van der Waals surface area contributed by atoms with Crippen LogP contribution in [0.2, 0.25) is 0 Å². The van der Waals surface area contributed by atoms with Gasteiger partial charge in [0, 0.05) is 11.8 Å². The minimum absolute atomic E-state index is 0.237. The highest BCUT2D eigenvalue weighted by molar-refractivity contribution is 7.12. The van der Waals surface area contributed by atoms with Crippen LogP contribution in [-0.4, -0.2) is 17.0 Å². The van der Waals surface area contributed by atoms with Gasteiger partial charge in [0.25, 0.3) is 5.91 Å². The highest BCUT2D eigenvalue weighted by Crippen LogP contribution is 2.21. The van der Waals surface area contributed by atoms with Gasteiger partial charge in [0.1, 0.15) is 0 Å². The fraction of sp³-hybridized carbons (Fsp3) is 0.0667. The van der Waals surface area contributed by atoms with E-state index in [9.17, 15) is 9.59 Å². The van der Waals surface area contributed by atoms with E-state index in [0.29, 0.717) is 10.4 Å². The quantitative estimate of drug-likeness (QED) is 0.847. The number of thiophene rings is 1. The van der Waals surface area contributed by atoms with Crippen LogP contribution >= 0.6 is 11.3 Å². The second-order valence-corrected chi connectivity index (χ2v) is 5.06. The number of carbonyl (C=O) groups excluding carboxylic acids is 1. The maximum atomic E-state index is 12.2. The van der Waals surface area contributed by atoms with E-state index in [-0.39, 0.29) is 5.91 Å². The maximum absolute atomic E-state index is 12.2. The van der Waals surface area contributed by atoms with Crippen molar-refractivity contribution in [2.24, 2.45) is 0 Å². The molecule has 1 amide bonds. The summed E-state index contributed by atoms with van der Waals surface area (Å²) in [6, 6.07) is 9.21. The molecule has 20 heavy (non-hydrogen) atoms. The van der Waals surface area contributed by atoms with E-state index in [4.69, 9.17) is 5.11 Å². The number of benzene rings is 1. The zero-order chi connectivity index (χ0) is 14.5. The lowest BCUT2D eigenvalue weighted by molar-refractivity contribution is -0.131. The molecule has 0 radical (unpaired) electrons. The SMILES string of the molecule is Cc1ccccc1NC(=O)c1sccc1C=CC(=O)O. The molecular formula is C15H13NO3S. The maximum Gasteiger partial charge on any atom is 0.328 e. The molecule has 0 aliphatic heterocycles.